The van der Waals surface area contributed by atoms with E-state index < -0.39 is 6.04 Å². The Balaban J connectivity index is 1.59. The Hall–Kier alpha value is -4.02. The first-order chi connectivity index (χ1) is 15.2. The molecule has 0 aliphatic rings. The summed E-state index contributed by atoms with van der Waals surface area (Å²) in [6, 6.07) is 26.1. The summed E-state index contributed by atoms with van der Waals surface area (Å²) in [5, 5.41) is 18.2. The smallest absolute Gasteiger partial charge is 0.269 e. The minimum absolute atomic E-state index is 0.0698. The van der Waals surface area contributed by atoms with Crippen LogP contribution in [0.3, 0.4) is 0 Å². The SMILES string of the molecule is N#Cc1ccc(-c2nnc([C@H](Cc3ccccc3)n3sc4ccccc4c3=O)o2)cc1. The van der Waals surface area contributed by atoms with Crippen molar-refractivity contribution >= 4 is 21.6 Å². The van der Waals surface area contributed by atoms with E-state index in [0.717, 1.165) is 15.8 Å². The van der Waals surface area contributed by atoms with E-state index in [1.807, 2.05) is 54.6 Å². The summed E-state index contributed by atoms with van der Waals surface area (Å²) in [6.45, 7) is 0. The highest BCUT2D eigenvalue weighted by Crippen LogP contribution is 2.29. The number of hydrogen-bond donors (Lipinski definition) is 0. The van der Waals surface area contributed by atoms with Crippen LogP contribution in [0.25, 0.3) is 21.5 Å². The maximum Gasteiger partial charge on any atom is 0.269 e. The maximum absolute atomic E-state index is 13.1. The number of nitrogens with zero attached hydrogens (tertiary/aromatic N) is 4. The van der Waals surface area contributed by atoms with Crippen molar-refractivity contribution in [2.75, 3.05) is 0 Å². The van der Waals surface area contributed by atoms with E-state index in [1.165, 1.54) is 11.5 Å². The van der Waals surface area contributed by atoms with Gasteiger partial charge in [-0.3, -0.25) is 8.75 Å². The molecular weight excluding hydrogens is 408 g/mol. The molecule has 0 unspecified atom stereocenters. The Bertz CT molecular complexity index is 1440. The van der Waals surface area contributed by atoms with Gasteiger partial charge in [0, 0.05) is 12.0 Å². The summed E-state index contributed by atoms with van der Waals surface area (Å²) in [6.07, 6.45) is 0.544. The predicted molar refractivity (Wildman–Crippen MR) is 119 cm³/mol. The quantitative estimate of drug-likeness (QED) is 0.404. The standard InChI is InChI=1S/C24H16N4O2S/c25-15-17-10-12-18(13-11-17)22-26-27-23(30-22)20(14-16-6-2-1-3-7-16)28-24(29)19-8-4-5-9-21(19)31-28/h1-13,20H,14H2/t20-/m0/s1. The molecule has 0 N–H and O–H groups in total. The van der Waals surface area contributed by atoms with Crippen LogP contribution >= 0.6 is 11.5 Å². The van der Waals surface area contributed by atoms with Gasteiger partial charge in [0.05, 0.1) is 21.7 Å². The van der Waals surface area contributed by atoms with Gasteiger partial charge in [-0.05, 0) is 42.0 Å². The van der Waals surface area contributed by atoms with E-state index in [0.29, 0.717) is 29.2 Å². The van der Waals surface area contributed by atoms with E-state index in [-0.39, 0.29) is 5.56 Å². The van der Waals surface area contributed by atoms with E-state index >= 15 is 0 Å². The van der Waals surface area contributed by atoms with Crippen molar-refractivity contribution < 1.29 is 4.42 Å². The van der Waals surface area contributed by atoms with E-state index in [4.69, 9.17) is 9.68 Å². The van der Waals surface area contributed by atoms with E-state index in [9.17, 15) is 4.79 Å². The molecule has 0 aliphatic heterocycles. The van der Waals surface area contributed by atoms with Crippen LogP contribution in [0.4, 0.5) is 0 Å². The van der Waals surface area contributed by atoms with Crippen LogP contribution in [0.1, 0.15) is 23.1 Å². The Morgan fingerprint density at radius 3 is 2.45 bits per heavy atom. The van der Waals surface area contributed by atoms with Crippen molar-refractivity contribution in [3.63, 3.8) is 0 Å². The summed E-state index contributed by atoms with van der Waals surface area (Å²) < 4.78 is 8.66. The lowest BCUT2D eigenvalue weighted by atomic mass is 10.1. The molecule has 1 atom stereocenters. The van der Waals surface area contributed by atoms with Crippen molar-refractivity contribution in [3.05, 3.63) is 106 Å². The Kier molecular flexibility index (Phi) is 4.90. The van der Waals surface area contributed by atoms with Gasteiger partial charge in [-0.25, -0.2) is 0 Å². The average molecular weight is 424 g/mol. The van der Waals surface area contributed by atoms with Gasteiger partial charge in [0.1, 0.15) is 6.04 Å². The first kappa shape index (κ1) is 19.0. The highest BCUT2D eigenvalue weighted by Gasteiger charge is 2.25. The van der Waals surface area contributed by atoms with Crippen molar-refractivity contribution in [3.8, 4) is 17.5 Å². The van der Waals surface area contributed by atoms with Crippen LogP contribution in [0.5, 0.6) is 0 Å². The summed E-state index contributed by atoms with van der Waals surface area (Å²) in [4.78, 5) is 13.1. The molecule has 0 saturated carbocycles. The third-order valence-electron chi connectivity index (χ3n) is 5.06. The third kappa shape index (κ3) is 3.65. The van der Waals surface area contributed by atoms with Gasteiger partial charge in [-0.1, -0.05) is 54.0 Å². The normalized spacial score (nSPS) is 12.0. The van der Waals surface area contributed by atoms with Crippen LogP contribution < -0.4 is 5.56 Å². The van der Waals surface area contributed by atoms with Crippen LogP contribution in [0.2, 0.25) is 0 Å². The second-order valence-corrected chi connectivity index (χ2v) is 8.07. The minimum atomic E-state index is -0.424. The molecule has 0 bridgehead atoms. The maximum atomic E-state index is 13.1. The molecule has 150 valence electrons. The zero-order valence-corrected chi connectivity index (χ0v) is 17.1. The molecule has 0 fully saturated rings. The largest absolute Gasteiger partial charge is 0.418 e. The molecule has 0 spiro atoms. The van der Waals surface area contributed by atoms with Gasteiger partial charge in [0.2, 0.25) is 11.8 Å². The fraction of sp³-hybridized carbons (Fsp3) is 0.0833. The first-order valence-electron chi connectivity index (χ1n) is 9.71. The molecule has 2 aromatic heterocycles. The lowest BCUT2D eigenvalue weighted by Crippen LogP contribution is -2.22. The Morgan fingerprint density at radius 1 is 0.968 bits per heavy atom. The molecule has 5 aromatic rings. The van der Waals surface area contributed by atoms with Gasteiger partial charge in [0.15, 0.2) is 0 Å². The number of aromatic nitrogens is 3. The molecule has 6 nitrogen and oxygen atoms in total. The van der Waals surface area contributed by atoms with Gasteiger partial charge >= 0.3 is 0 Å². The number of benzene rings is 3. The highest BCUT2D eigenvalue weighted by molar-refractivity contribution is 7.13. The summed E-state index contributed by atoms with van der Waals surface area (Å²) >= 11 is 1.40. The van der Waals surface area contributed by atoms with Gasteiger partial charge in [-0.2, -0.15) is 5.26 Å². The second kappa shape index (κ2) is 8.01. The van der Waals surface area contributed by atoms with Crippen LogP contribution in [0, 0.1) is 11.3 Å². The molecule has 31 heavy (non-hydrogen) atoms. The summed E-state index contributed by atoms with van der Waals surface area (Å²) in [7, 11) is 0. The zero-order chi connectivity index (χ0) is 21.2. The third-order valence-corrected chi connectivity index (χ3v) is 6.23. The van der Waals surface area contributed by atoms with Crippen LogP contribution in [-0.4, -0.2) is 14.2 Å². The van der Waals surface area contributed by atoms with Crippen LogP contribution in [-0.2, 0) is 6.42 Å². The summed E-state index contributed by atoms with van der Waals surface area (Å²) in [5.74, 6) is 0.726. The molecule has 0 aliphatic carbocycles. The monoisotopic (exact) mass is 424 g/mol. The fourth-order valence-electron chi connectivity index (χ4n) is 3.48. The minimum Gasteiger partial charge on any atom is -0.418 e. The molecule has 7 heteroatoms. The Labute approximate surface area is 181 Å². The van der Waals surface area contributed by atoms with Crippen molar-refractivity contribution in [2.24, 2.45) is 0 Å². The van der Waals surface area contributed by atoms with Crippen molar-refractivity contribution in [2.45, 2.75) is 12.5 Å². The van der Waals surface area contributed by atoms with Crippen LogP contribution in [0.15, 0.2) is 88.1 Å². The number of nitriles is 1. The molecule has 5 rings (SSSR count). The highest BCUT2D eigenvalue weighted by atomic mass is 32.1. The van der Waals surface area contributed by atoms with Gasteiger partial charge < -0.3 is 4.42 Å². The number of rotatable bonds is 5. The Morgan fingerprint density at radius 2 is 1.71 bits per heavy atom. The molecule has 0 amide bonds. The van der Waals surface area contributed by atoms with Crippen molar-refractivity contribution in [1.82, 2.24) is 14.2 Å². The van der Waals surface area contributed by atoms with Gasteiger partial charge in [0.25, 0.3) is 5.56 Å². The topological polar surface area (TPSA) is 84.7 Å². The molecule has 0 radical (unpaired) electrons. The average Bonchev–Trinajstić information content (AvgIpc) is 3.44. The van der Waals surface area contributed by atoms with E-state index in [1.54, 1.807) is 28.2 Å². The fourth-order valence-corrected chi connectivity index (χ4v) is 4.55. The predicted octanol–water partition coefficient (Wildman–Crippen LogP) is 4.82. The molecule has 3 aromatic carbocycles. The summed E-state index contributed by atoms with van der Waals surface area (Å²) in [5.41, 5.74) is 2.27. The van der Waals surface area contributed by atoms with Gasteiger partial charge in [-0.15, -0.1) is 10.2 Å². The lowest BCUT2D eigenvalue weighted by Gasteiger charge is -2.13. The van der Waals surface area contributed by atoms with E-state index in [2.05, 4.69) is 16.3 Å². The second-order valence-electron chi connectivity index (χ2n) is 7.06. The number of hydrogen-bond acceptors (Lipinski definition) is 6. The zero-order valence-electron chi connectivity index (χ0n) is 16.3. The molecule has 2 heterocycles. The molecule has 0 saturated heterocycles. The lowest BCUT2D eigenvalue weighted by molar-refractivity contribution is 0.427. The van der Waals surface area contributed by atoms with Crippen molar-refractivity contribution in [1.29, 1.82) is 5.26 Å². The molecular formula is C24H16N4O2S. The first-order valence-corrected chi connectivity index (χ1v) is 10.5. The number of fused-ring (bicyclic) bond motifs is 1.